The van der Waals surface area contributed by atoms with Crippen molar-refractivity contribution in [2.45, 2.75) is 50.0 Å². The van der Waals surface area contributed by atoms with E-state index in [-0.39, 0.29) is 39.9 Å². The number of rotatable bonds is 6. The Kier molecular flexibility index (Phi) is 7.42. The lowest BCUT2D eigenvalue weighted by Gasteiger charge is -2.39. The minimum Gasteiger partial charge on any atom is -0.465 e. The van der Waals surface area contributed by atoms with Crippen LogP contribution in [-0.2, 0) is 15.3 Å². The van der Waals surface area contributed by atoms with Crippen molar-refractivity contribution in [3.05, 3.63) is 83.4 Å². The van der Waals surface area contributed by atoms with Gasteiger partial charge in [0.15, 0.2) is 0 Å². The molecule has 13 heteroatoms. The summed E-state index contributed by atoms with van der Waals surface area (Å²) in [5.41, 5.74) is -0.715. The number of hydrogen-bond donors (Lipinski definition) is 2. The Bertz CT molecular complexity index is 1800. The maximum absolute atomic E-state index is 14.2. The van der Waals surface area contributed by atoms with Crippen LogP contribution in [0, 0.1) is 0 Å². The summed E-state index contributed by atoms with van der Waals surface area (Å²) in [6.07, 6.45) is -1.35. The first kappa shape index (κ1) is 30.0. The van der Waals surface area contributed by atoms with Crippen LogP contribution in [0.4, 0.5) is 35.3 Å². The summed E-state index contributed by atoms with van der Waals surface area (Å²) >= 11 is 0. The SMILES string of the molecule is CN(C(=O)O)c1nc2ccc(C3(OC(=O)C(F)(F)F)c4ccccc4C(=O)N3c3cccc(N(C)C4CCCCC4)c3)cc2[nH]1. The highest BCUT2D eigenvalue weighted by Gasteiger charge is 2.58. The molecule has 2 amide bonds. The van der Waals surface area contributed by atoms with Crippen molar-refractivity contribution in [1.82, 2.24) is 9.97 Å². The highest BCUT2D eigenvalue weighted by Crippen LogP contribution is 2.49. The lowest BCUT2D eigenvalue weighted by atomic mass is 9.92. The number of imidazole rings is 1. The van der Waals surface area contributed by atoms with Crippen LogP contribution < -0.4 is 14.7 Å². The lowest BCUT2D eigenvalue weighted by molar-refractivity contribution is -0.211. The molecule has 1 unspecified atom stereocenters. The molecule has 0 saturated heterocycles. The van der Waals surface area contributed by atoms with Gasteiger partial charge in [0.05, 0.1) is 16.7 Å². The van der Waals surface area contributed by atoms with Crippen molar-refractivity contribution in [3.63, 3.8) is 0 Å². The van der Waals surface area contributed by atoms with Crippen LogP contribution in [0.25, 0.3) is 11.0 Å². The van der Waals surface area contributed by atoms with Gasteiger partial charge < -0.3 is 19.7 Å². The van der Waals surface area contributed by atoms with Gasteiger partial charge in [0, 0.05) is 42.5 Å². The maximum Gasteiger partial charge on any atom is 0.491 e. The Hall–Kier alpha value is -5.07. The Morgan fingerprint density at radius 3 is 2.47 bits per heavy atom. The molecule has 2 N–H and O–H groups in total. The maximum atomic E-state index is 14.2. The van der Waals surface area contributed by atoms with E-state index < -0.39 is 29.9 Å². The number of H-pyrrole nitrogens is 1. The number of benzene rings is 3. The number of amides is 2. The molecule has 1 saturated carbocycles. The number of carboxylic acid groups (broad SMARTS) is 1. The number of fused-ring (bicyclic) bond motifs is 2. The molecule has 1 aromatic heterocycles. The molecule has 1 aliphatic heterocycles. The molecule has 1 fully saturated rings. The molecule has 10 nitrogen and oxygen atoms in total. The number of carbonyl (C=O) groups is 3. The molecule has 0 bridgehead atoms. The Labute approximate surface area is 256 Å². The van der Waals surface area contributed by atoms with Gasteiger partial charge in [0.2, 0.25) is 11.7 Å². The van der Waals surface area contributed by atoms with E-state index in [0.29, 0.717) is 5.52 Å². The summed E-state index contributed by atoms with van der Waals surface area (Å²) in [5, 5.41) is 9.40. The normalized spacial score (nSPS) is 18.6. The number of halogens is 3. The van der Waals surface area contributed by atoms with Crippen LogP contribution in [0.1, 0.15) is 53.6 Å². The molecule has 1 atom stereocenters. The van der Waals surface area contributed by atoms with Gasteiger partial charge in [-0.25, -0.2) is 14.6 Å². The third-order valence-electron chi connectivity index (χ3n) is 8.60. The van der Waals surface area contributed by atoms with Gasteiger partial charge in [0.25, 0.3) is 5.91 Å². The number of esters is 1. The summed E-state index contributed by atoms with van der Waals surface area (Å²) in [6.45, 7) is 0. The van der Waals surface area contributed by atoms with Crippen LogP contribution in [0.2, 0.25) is 0 Å². The second-order valence-electron chi connectivity index (χ2n) is 11.3. The van der Waals surface area contributed by atoms with E-state index in [0.717, 1.165) is 47.6 Å². The zero-order valence-electron chi connectivity index (χ0n) is 24.5. The van der Waals surface area contributed by atoms with Crippen molar-refractivity contribution in [2.24, 2.45) is 0 Å². The van der Waals surface area contributed by atoms with Crippen molar-refractivity contribution >= 4 is 46.3 Å². The summed E-state index contributed by atoms with van der Waals surface area (Å²) in [6, 6.07) is 17.5. The Morgan fingerprint density at radius 2 is 1.76 bits per heavy atom. The number of carbonyl (C=O) groups excluding carboxylic acids is 2. The molecule has 2 heterocycles. The summed E-state index contributed by atoms with van der Waals surface area (Å²) in [7, 11) is 3.23. The average Bonchev–Trinajstić information content (AvgIpc) is 3.57. The van der Waals surface area contributed by atoms with Crippen molar-refractivity contribution in [3.8, 4) is 0 Å². The summed E-state index contributed by atoms with van der Waals surface area (Å²) < 4.78 is 47.2. The fourth-order valence-electron chi connectivity index (χ4n) is 6.27. The minimum atomic E-state index is -5.38. The Balaban J connectivity index is 1.56. The average molecular weight is 622 g/mol. The van der Waals surface area contributed by atoms with Crippen molar-refractivity contribution < 1.29 is 37.4 Å². The van der Waals surface area contributed by atoms with E-state index in [9.17, 15) is 32.7 Å². The molecule has 6 rings (SSSR count). The van der Waals surface area contributed by atoms with E-state index in [4.69, 9.17) is 4.74 Å². The zero-order valence-corrected chi connectivity index (χ0v) is 24.5. The van der Waals surface area contributed by atoms with E-state index in [1.807, 2.05) is 13.1 Å². The predicted octanol–water partition coefficient (Wildman–Crippen LogP) is 6.41. The number of alkyl halides is 3. The largest absolute Gasteiger partial charge is 0.491 e. The topological polar surface area (TPSA) is 119 Å². The quantitative estimate of drug-likeness (QED) is 0.239. The minimum absolute atomic E-state index is 0.0186. The van der Waals surface area contributed by atoms with E-state index in [1.165, 1.54) is 37.4 Å². The third kappa shape index (κ3) is 5.11. The first-order valence-corrected chi connectivity index (χ1v) is 14.5. The molecular formula is C32H30F3N5O5. The Morgan fingerprint density at radius 1 is 1.02 bits per heavy atom. The second-order valence-corrected chi connectivity index (χ2v) is 11.3. The van der Waals surface area contributed by atoms with Crippen molar-refractivity contribution in [1.29, 1.82) is 0 Å². The molecule has 4 aromatic rings. The lowest BCUT2D eigenvalue weighted by Crippen LogP contribution is -2.50. The fourth-order valence-corrected chi connectivity index (χ4v) is 6.27. The second kappa shape index (κ2) is 11.1. The summed E-state index contributed by atoms with van der Waals surface area (Å²) in [5.74, 6) is -3.17. The fraction of sp³-hybridized carbons (Fsp3) is 0.312. The smallest absolute Gasteiger partial charge is 0.465 e. The number of nitrogens with zero attached hydrogens (tertiary/aromatic N) is 4. The molecule has 45 heavy (non-hydrogen) atoms. The van der Waals surface area contributed by atoms with E-state index in [2.05, 4.69) is 14.9 Å². The monoisotopic (exact) mass is 621 g/mol. The van der Waals surface area contributed by atoms with Gasteiger partial charge in [-0.1, -0.05) is 49.6 Å². The standard InChI is InChI=1S/C32H30F3N5O5/c1-38(20-9-4-3-5-10-20)21-11-8-12-22(18-21)40-27(41)23-13-6-7-14-24(23)31(40,45-28(42)32(33,34)35)19-15-16-25-26(17-19)37-29(36-25)39(2)30(43)44/h6-8,11-18,20H,3-5,9-10H2,1-2H3,(H,36,37)(H,43,44). The van der Waals surface area contributed by atoms with Crippen LogP contribution in [-0.4, -0.2) is 59.4 Å². The van der Waals surface area contributed by atoms with Crippen LogP contribution in [0.15, 0.2) is 66.7 Å². The van der Waals surface area contributed by atoms with Crippen LogP contribution in [0.3, 0.4) is 0 Å². The predicted molar refractivity (Wildman–Crippen MR) is 160 cm³/mol. The van der Waals surface area contributed by atoms with Gasteiger partial charge in [0.1, 0.15) is 0 Å². The highest BCUT2D eigenvalue weighted by atomic mass is 19.4. The number of anilines is 3. The van der Waals surface area contributed by atoms with Gasteiger partial charge in [-0.05, 0) is 49.2 Å². The zero-order chi connectivity index (χ0) is 32.1. The molecule has 0 radical (unpaired) electrons. The molecular weight excluding hydrogens is 591 g/mol. The van der Waals surface area contributed by atoms with Crippen LogP contribution >= 0.6 is 0 Å². The molecule has 3 aromatic carbocycles. The number of hydrogen-bond acceptors (Lipinski definition) is 6. The highest BCUT2D eigenvalue weighted by molar-refractivity contribution is 6.13. The number of aromatic amines is 1. The molecule has 1 aliphatic carbocycles. The van der Waals surface area contributed by atoms with Crippen molar-refractivity contribution in [2.75, 3.05) is 28.8 Å². The van der Waals surface area contributed by atoms with Gasteiger partial charge in [-0.15, -0.1) is 0 Å². The first-order chi connectivity index (χ1) is 21.4. The first-order valence-electron chi connectivity index (χ1n) is 14.5. The van der Waals surface area contributed by atoms with Gasteiger partial charge >= 0.3 is 18.2 Å². The molecule has 234 valence electrons. The molecule has 2 aliphatic rings. The van der Waals surface area contributed by atoms with Crippen LogP contribution in [0.5, 0.6) is 0 Å². The number of nitrogens with one attached hydrogen (secondary N) is 1. The number of ether oxygens (including phenoxy) is 1. The third-order valence-corrected chi connectivity index (χ3v) is 8.60. The van der Waals surface area contributed by atoms with E-state index >= 15 is 0 Å². The van der Waals surface area contributed by atoms with Gasteiger partial charge in [-0.2, -0.15) is 13.2 Å². The molecule has 0 spiro atoms. The number of aromatic nitrogens is 2. The summed E-state index contributed by atoms with van der Waals surface area (Å²) in [4.78, 5) is 49.6. The van der Waals surface area contributed by atoms with Gasteiger partial charge in [-0.3, -0.25) is 14.6 Å². The van der Waals surface area contributed by atoms with E-state index in [1.54, 1.807) is 30.3 Å².